The molecule has 5 heteroatoms. The molecule has 4 rings (SSSR count). The monoisotopic (exact) mass is 385 g/mol. The van der Waals surface area contributed by atoms with E-state index in [1.54, 1.807) is 36.4 Å². The van der Waals surface area contributed by atoms with Gasteiger partial charge in [-0.1, -0.05) is 54.6 Å². The van der Waals surface area contributed by atoms with Gasteiger partial charge in [-0.15, -0.1) is 0 Å². The second-order valence-electron chi connectivity index (χ2n) is 6.85. The minimum Gasteiger partial charge on any atom is -0.469 e. The Morgan fingerprint density at radius 2 is 1.38 bits per heavy atom. The Bertz CT molecular complexity index is 1040. The van der Waals surface area contributed by atoms with Gasteiger partial charge in [-0.25, -0.2) is 4.90 Å². The fraction of sp³-hybridized carbons (Fsp3) is 0.125. The van der Waals surface area contributed by atoms with Crippen molar-refractivity contribution in [3.8, 4) is 0 Å². The SMILES string of the molecule is COC(=O)C(Cc1ccc(N2C(=O)c3ccccc3C2=O)cc1)c1ccccc1. The van der Waals surface area contributed by atoms with Gasteiger partial charge in [0.05, 0.1) is 29.8 Å². The summed E-state index contributed by atoms with van der Waals surface area (Å²) in [5, 5.41) is 0. The van der Waals surface area contributed by atoms with E-state index < -0.39 is 5.92 Å². The number of rotatable bonds is 5. The van der Waals surface area contributed by atoms with Crippen molar-refractivity contribution < 1.29 is 19.1 Å². The van der Waals surface area contributed by atoms with Crippen LogP contribution in [-0.4, -0.2) is 24.9 Å². The lowest BCUT2D eigenvalue weighted by molar-refractivity contribution is -0.142. The summed E-state index contributed by atoms with van der Waals surface area (Å²) in [6.45, 7) is 0. The van der Waals surface area contributed by atoms with Gasteiger partial charge in [-0.2, -0.15) is 0 Å². The van der Waals surface area contributed by atoms with Crippen LogP contribution in [0.5, 0.6) is 0 Å². The highest BCUT2D eigenvalue weighted by Gasteiger charge is 2.36. The normalized spacial score (nSPS) is 13.9. The number of anilines is 1. The molecule has 0 saturated heterocycles. The quantitative estimate of drug-likeness (QED) is 0.492. The van der Waals surface area contributed by atoms with Crippen LogP contribution in [-0.2, 0) is 16.0 Å². The van der Waals surface area contributed by atoms with Crippen molar-refractivity contribution in [1.29, 1.82) is 0 Å². The van der Waals surface area contributed by atoms with Crippen LogP contribution in [0.4, 0.5) is 5.69 Å². The molecule has 29 heavy (non-hydrogen) atoms. The number of methoxy groups -OCH3 is 1. The molecule has 0 aromatic heterocycles. The standard InChI is InChI=1S/C24H19NO4/c1-29-24(28)21(17-7-3-2-4-8-17)15-16-11-13-18(14-12-16)25-22(26)19-9-5-6-10-20(19)23(25)27/h2-14,21H,15H2,1H3. The summed E-state index contributed by atoms with van der Waals surface area (Å²) in [4.78, 5) is 38.7. The first kappa shape index (κ1) is 18.6. The number of benzene rings is 3. The van der Waals surface area contributed by atoms with Gasteiger partial charge in [0.1, 0.15) is 0 Å². The zero-order chi connectivity index (χ0) is 20.4. The van der Waals surface area contributed by atoms with Crippen LogP contribution in [0.2, 0.25) is 0 Å². The molecule has 5 nitrogen and oxygen atoms in total. The third-order valence-electron chi connectivity index (χ3n) is 5.12. The Morgan fingerprint density at radius 3 is 1.93 bits per heavy atom. The van der Waals surface area contributed by atoms with Crippen LogP contribution in [0.25, 0.3) is 0 Å². The molecule has 0 fully saturated rings. The second-order valence-corrected chi connectivity index (χ2v) is 6.85. The Kier molecular flexibility index (Phi) is 4.96. The van der Waals surface area contributed by atoms with Crippen molar-refractivity contribution in [3.63, 3.8) is 0 Å². The van der Waals surface area contributed by atoms with Crippen molar-refractivity contribution in [2.24, 2.45) is 0 Å². The molecule has 0 saturated carbocycles. The highest BCUT2D eigenvalue weighted by atomic mass is 16.5. The molecule has 0 spiro atoms. The average molecular weight is 385 g/mol. The molecule has 1 aliphatic heterocycles. The van der Waals surface area contributed by atoms with E-state index in [4.69, 9.17) is 4.74 Å². The molecule has 0 bridgehead atoms. The summed E-state index contributed by atoms with van der Waals surface area (Å²) < 4.78 is 4.97. The van der Waals surface area contributed by atoms with E-state index in [1.165, 1.54) is 12.0 Å². The first-order chi connectivity index (χ1) is 14.1. The zero-order valence-corrected chi connectivity index (χ0v) is 15.9. The average Bonchev–Trinajstić information content (AvgIpc) is 3.03. The molecule has 1 unspecified atom stereocenters. The van der Waals surface area contributed by atoms with Crippen molar-refractivity contribution >= 4 is 23.5 Å². The number of carbonyl (C=O) groups is 3. The van der Waals surface area contributed by atoms with Crippen molar-refractivity contribution in [2.45, 2.75) is 12.3 Å². The van der Waals surface area contributed by atoms with Gasteiger partial charge in [-0.3, -0.25) is 14.4 Å². The largest absolute Gasteiger partial charge is 0.469 e. The lowest BCUT2D eigenvalue weighted by Gasteiger charge is -2.17. The predicted octanol–water partition coefficient (Wildman–Crippen LogP) is 3.99. The van der Waals surface area contributed by atoms with Crippen LogP contribution in [0.3, 0.4) is 0 Å². The van der Waals surface area contributed by atoms with E-state index in [1.807, 2.05) is 42.5 Å². The number of imide groups is 1. The highest BCUT2D eigenvalue weighted by Crippen LogP contribution is 2.29. The molecule has 3 aromatic carbocycles. The fourth-order valence-electron chi connectivity index (χ4n) is 3.61. The minimum absolute atomic E-state index is 0.305. The topological polar surface area (TPSA) is 63.7 Å². The van der Waals surface area contributed by atoms with E-state index in [0.717, 1.165) is 11.1 Å². The molecule has 2 amide bonds. The summed E-state index contributed by atoms with van der Waals surface area (Å²) in [6.07, 6.45) is 0.457. The van der Waals surface area contributed by atoms with Gasteiger partial charge in [0.2, 0.25) is 0 Å². The molecule has 1 atom stereocenters. The number of ether oxygens (including phenoxy) is 1. The maximum Gasteiger partial charge on any atom is 0.313 e. The molecule has 1 heterocycles. The molecular formula is C24H19NO4. The number of hydrogen-bond acceptors (Lipinski definition) is 4. The van der Waals surface area contributed by atoms with Crippen LogP contribution in [0.1, 0.15) is 37.8 Å². The van der Waals surface area contributed by atoms with E-state index in [2.05, 4.69) is 0 Å². The first-order valence-corrected chi connectivity index (χ1v) is 9.29. The molecule has 3 aromatic rings. The van der Waals surface area contributed by atoms with E-state index in [0.29, 0.717) is 23.2 Å². The smallest absolute Gasteiger partial charge is 0.313 e. The van der Waals surface area contributed by atoms with Crippen LogP contribution in [0.15, 0.2) is 78.9 Å². The summed E-state index contributed by atoms with van der Waals surface area (Å²) >= 11 is 0. The summed E-state index contributed by atoms with van der Waals surface area (Å²) in [5.41, 5.74) is 3.12. The molecular weight excluding hydrogens is 366 g/mol. The number of hydrogen-bond donors (Lipinski definition) is 0. The zero-order valence-electron chi connectivity index (χ0n) is 15.9. The first-order valence-electron chi connectivity index (χ1n) is 9.29. The van der Waals surface area contributed by atoms with Gasteiger partial charge >= 0.3 is 5.97 Å². The lowest BCUT2D eigenvalue weighted by Crippen LogP contribution is -2.29. The van der Waals surface area contributed by atoms with Gasteiger partial charge < -0.3 is 4.74 Å². The van der Waals surface area contributed by atoms with Crippen LogP contribution >= 0.6 is 0 Å². The van der Waals surface area contributed by atoms with Gasteiger partial charge in [0, 0.05) is 0 Å². The van der Waals surface area contributed by atoms with Crippen LogP contribution in [0, 0.1) is 0 Å². The number of fused-ring (bicyclic) bond motifs is 1. The Balaban J connectivity index is 1.58. The summed E-state index contributed by atoms with van der Waals surface area (Å²) in [6, 6.07) is 23.4. The minimum atomic E-state index is -0.425. The van der Waals surface area contributed by atoms with Gasteiger partial charge in [-0.05, 0) is 41.8 Å². The Hall–Kier alpha value is -3.73. The number of nitrogens with zero attached hydrogens (tertiary/aromatic N) is 1. The third-order valence-corrected chi connectivity index (χ3v) is 5.12. The predicted molar refractivity (Wildman–Crippen MR) is 109 cm³/mol. The number of amides is 2. The molecule has 144 valence electrons. The summed E-state index contributed by atoms with van der Waals surface area (Å²) in [7, 11) is 1.38. The fourth-order valence-corrected chi connectivity index (χ4v) is 3.61. The van der Waals surface area contributed by atoms with E-state index in [-0.39, 0.29) is 17.8 Å². The van der Waals surface area contributed by atoms with Crippen LogP contribution < -0.4 is 4.90 Å². The number of carbonyl (C=O) groups excluding carboxylic acids is 3. The summed E-state index contributed by atoms with van der Waals surface area (Å²) in [5.74, 6) is -1.38. The molecule has 0 aliphatic carbocycles. The molecule has 0 N–H and O–H groups in total. The Morgan fingerprint density at radius 1 is 0.828 bits per heavy atom. The maximum absolute atomic E-state index is 12.6. The highest BCUT2D eigenvalue weighted by molar-refractivity contribution is 6.34. The Labute approximate surface area is 168 Å². The molecule has 1 aliphatic rings. The van der Waals surface area contributed by atoms with E-state index >= 15 is 0 Å². The second kappa shape index (κ2) is 7.72. The van der Waals surface area contributed by atoms with Gasteiger partial charge in [0.15, 0.2) is 0 Å². The third kappa shape index (κ3) is 3.43. The van der Waals surface area contributed by atoms with Crippen molar-refractivity contribution in [1.82, 2.24) is 0 Å². The number of esters is 1. The van der Waals surface area contributed by atoms with Gasteiger partial charge in [0.25, 0.3) is 11.8 Å². The van der Waals surface area contributed by atoms with Crippen molar-refractivity contribution in [2.75, 3.05) is 12.0 Å². The van der Waals surface area contributed by atoms with E-state index in [9.17, 15) is 14.4 Å². The van der Waals surface area contributed by atoms with Crippen molar-refractivity contribution in [3.05, 3.63) is 101 Å². The molecule has 0 radical (unpaired) electrons. The lowest BCUT2D eigenvalue weighted by atomic mass is 9.92. The maximum atomic E-state index is 12.6.